The number of aromatic hydroxyl groups is 1. The van der Waals surface area contributed by atoms with Crippen LogP contribution in [0.3, 0.4) is 0 Å². The Morgan fingerprint density at radius 2 is 2.07 bits per heavy atom. The summed E-state index contributed by atoms with van der Waals surface area (Å²) in [6.45, 7) is 8.09. The van der Waals surface area contributed by atoms with Gasteiger partial charge in [0.25, 0.3) is 0 Å². The fourth-order valence-corrected chi connectivity index (χ4v) is 3.32. The number of ether oxygens (including phenoxy) is 1. The van der Waals surface area contributed by atoms with Crippen molar-refractivity contribution in [3.63, 3.8) is 0 Å². The molecule has 1 N–H and O–H groups in total. The van der Waals surface area contributed by atoms with Gasteiger partial charge < -0.3 is 14.4 Å². The Balaban J connectivity index is 1.65. The molecule has 0 atom stereocenters. The third-order valence-electron chi connectivity index (χ3n) is 4.73. The van der Waals surface area contributed by atoms with Crippen molar-refractivity contribution in [2.75, 3.05) is 13.2 Å². The van der Waals surface area contributed by atoms with Gasteiger partial charge in [0.15, 0.2) is 17.3 Å². The lowest BCUT2D eigenvalue weighted by molar-refractivity contribution is 0.195. The van der Waals surface area contributed by atoms with E-state index >= 15 is 0 Å². The summed E-state index contributed by atoms with van der Waals surface area (Å²) >= 11 is 0. The van der Waals surface area contributed by atoms with Crippen molar-refractivity contribution in [3.05, 3.63) is 47.0 Å². The van der Waals surface area contributed by atoms with Crippen LogP contribution in [0.2, 0.25) is 0 Å². The second-order valence-corrected chi connectivity index (χ2v) is 6.95. The van der Waals surface area contributed by atoms with Crippen LogP contribution in [-0.4, -0.2) is 43.3 Å². The predicted octanol–water partition coefficient (Wildman–Crippen LogP) is 2.81. The van der Waals surface area contributed by atoms with Crippen molar-refractivity contribution >= 4 is 0 Å². The molecule has 0 saturated carbocycles. The summed E-state index contributed by atoms with van der Waals surface area (Å²) in [7, 11) is 0. The molecule has 2 aromatic heterocycles. The summed E-state index contributed by atoms with van der Waals surface area (Å²) in [4.78, 5) is 15.5. The summed E-state index contributed by atoms with van der Waals surface area (Å²) in [5.74, 6) is 1.92. The van der Waals surface area contributed by atoms with Gasteiger partial charge in [0, 0.05) is 36.8 Å². The number of fused-ring (bicyclic) bond motifs is 1. The highest BCUT2D eigenvalue weighted by Gasteiger charge is 2.22. The molecule has 1 aromatic carbocycles. The number of benzene rings is 1. The molecule has 0 radical (unpaired) electrons. The zero-order valence-electron chi connectivity index (χ0n) is 16.3. The first-order valence-electron chi connectivity index (χ1n) is 9.36. The van der Waals surface area contributed by atoms with Gasteiger partial charge >= 0.3 is 0 Å². The van der Waals surface area contributed by atoms with Crippen LogP contribution in [0.5, 0.6) is 11.5 Å². The maximum absolute atomic E-state index is 10.6. The van der Waals surface area contributed by atoms with E-state index in [9.17, 15) is 5.11 Å². The molecular weight excluding hydrogens is 358 g/mol. The third kappa shape index (κ3) is 3.68. The minimum Gasteiger partial charge on any atom is -0.504 e. The van der Waals surface area contributed by atoms with E-state index in [1.165, 1.54) is 0 Å². The van der Waals surface area contributed by atoms with E-state index in [0.29, 0.717) is 43.7 Å². The molecule has 0 aliphatic carbocycles. The molecule has 28 heavy (non-hydrogen) atoms. The Labute approximate surface area is 163 Å². The first-order valence-corrected chi connectivity index (χ1v) is 9.36. The van der Waals surface area contributed by atoms with Crippen molar-refractivity contribution in [3.8, 4) is 22.8 Å². The Hall–Kier alpha value is -3.00. The highest BCUT2D eigenvalue weighted by atomic mass is 16.5. The van der Waals surface area contributed by atoms with E-state index in [4.69, 9.17) is 9.26 Å². The Bertz CT molecular complexity index is 1000. The van der Waals surface area contributed by atoms with Gasteiger partial charge in [0.1, 0.15) is 6.61 Å². The van der Waals surface area contributed by atoms with Crippen LogP contribution in [0.15, 0.2) is 22.9 Å². The van der Waals surface area contributed by atoms with Crippen LogP contribution in [0.25, 0.3) is 11.3 Å². The lowest BCUT2D eigenvalue weighted by Crippen LogP contribution is -2.25. The minimum atomic E-state index is 0.114. The smallest absolute Gasteiger partial charge is 0.240 e. The van der Waals surface area contributed by atoms with Gasteiger partial charge in [-0.3, -0.25) is 9.88 Å². The zero-order chi connectivity index (χ0) is 19.7. The van der Waals surface area contributed by atoms with Crippen LogP contribution < -0.4 is 4.74 Å². The zero-order valence-corrected chi connectivity index (χ0v) is 16.3. The summed E-state index contributed by atoms with van der Waals surface area (Å²) in [5.41, 5.74) is 4.12. The molecule has 0 unspecified atom stereocenters. The van der Waals surface area contributed by atoms with Crippen molar-refractivity contribution in [1.29, 1.82) is 0 Å². The summed E-state index contributed by atoms with van der Waals surface area (Å²) < 4.78 is 11.1. The molecule has 8 nitrogen and oxygen atoms in total. The van der Waals surface area contributed by atoms with E-state index < -0.39 is 0 Å². The molecular formula is C20H23N5O3. The number of phenols is 1. The number of hydrogen-bond acceptors (Lipinski definition) is 8. The van der Waals surface area contributed by atoms with Crippen molar-refractivity contribution in [1.82, 2.24) is 25.0 Å². The third-order valence-corrected chi connectivity index (χ3v) is 4.73. The second kappa shape index (κ2) is 7.55. The first kappa shape index (κ1) is 18.4. The SMILES string of the molecule is CCc1noc(CN2CCOc3c(O)cc(-c4nc(C)cnc4C)cc3C2)n1. The highest BCUT2D eigenvalue weighted by molar-refractivity contribution is 5.67. The number of rotatable bonds is 4. The number of aryl methyl sites for hydroxylation is 3. The standard InChI is InChI=1S/C20H23N5O3/c1-4-17-23-18(28-24-17)11-25-5-6-27-20-15(10-25)7-14(8-16(20)26)19-13(3)21-9-12(2)22-19/h7-9,26H,4-6,10-11H2,1-3H3. The predicted molar refractivity (Wildman–Crippen MR) is 102 cm³/mol. The maximum atomic E-state index is 10.6. The average molecular weight is 381 g/mol. The van der Waals surface area contributed by atoms with E-state index in [1.807, 2.05) is 26.8 Å². The molecule has 0 amide bonds. The highest BCUT2D eigenvalue weighted by Crippen LogP contribution is 2.37. The summed E-state index contributed by atoms with van der Waals surface area (Å²) in [5, 5.41) is 14.5. The Morgan fingerprint density at radius 3 is 2.86 bits per heavy atom. The monoisotopic (exact) mass is 381 g/mol. The molecule has 0 spiro atoms. The molecule has 146 valence electrons. The van der Waals surface area contributed by atoms with Gasteiger partial charge in [-0.2, -0.15) is 4.98 Å². The molecule has 0 bridgehead atoms. The van der Waals surface area contributed by atoms with Crippen LogP contribution in [0.1, 0.15) is 35.6 Å². The molecule has 0 fully saturated rings. The van der Waals surface area contributed by atoms with Crippen molar-refractivity contribution < 1.29 is 14.4 Å². The lowest BCUT2D eigenvalue weighted by atomic mass is 10.0. The van der Waals surface area contributed by atoms with E-state index in [0.717, 1.165) is 34.6 Å². The Morgan fingerprint density at radius 1 is 1.21 bits per heavy atom. The number of nitrogens with zero attached hydrogens (tertiary/aromatic N) is 5. The molecule has 0 saturated heterocycles. The van der Waals surface area contributed by atoms with Gasteiger partial charge in [-0.05, 0) is 26.0 Å². The van der Waals surface area contributed by atoms with E-state index in [2.05, 4.69) is 25.0 Å². The molecule has 8 heteroatoms. The lowest BCUT2D eigenvalue weighted by Gasteiger charge is -2.17. The topological polar surface area (TPSA) is 97.4 Å². The summed E-state index contributed by atoms with van der Waals surface area (Å²) in [6.07, 6.45) is 2.48. The molecule has 3 aromatic rings. The number of hydrogen-bond donors (Lipinski definition) is 1. The first-order chi connectivity index (χ1) is 13.5. The second-order valence-electron chi connectivity index (χ2n) is 6.95. The minimum absolute atomic E-state index is 0.114. The van der Waals surface area contributed by atoms with Gasteiger partial charge in [-0.25, -0.2) is 4.98 Å². The van der Waals surface area contributed by atoms with Crippen LogP contribution in [0, 0.1) is 13.8 Å². The van der Waals surface area contributed by atoms with Gasteiger partial charge in [-0.15, -0.1) is 0 Å². The largest absolute Gasteiger partial charge is 0.504 e. The van der Waals surface area contributed by atoms with E-state index in [1.54, 1.807) is 12.3 Å². The van der Waals surface area contributed by atoms with Crippen LogP contribution in [-0.2, 0) is 19.5 Å². The van der Waals surface area contributed by atoms with Crippen molar-refractivity contribution in [2.24, 2.45) is 0 Å². The fraction of sp³-hybridized carbons (Fsp3) is 0.400. The molecule has 4 rings (SSSR count). The molecule has 3 heterocycles. The van der Waals surface area contributed by atoms with Crippen LogP contribution in [0.4, 0.5) is 0 Å². The average Bonchev–Trinajstić information content (AvgIpc) is 3.02. The number of aromatic nitrogens is 4. The quantitative estimate of drug-likeness (QED) is 0.737. The molecule has 1 aliphatic rings. The van der Waals surface area contributed by atoms with Crippen LogP contribution >= 0.6 is 0 Å². The Kier molecular flexibility index (Phi) is 4.95. The number of phenolic OH excluding ortho intramolecular Hbond substituents is 1. The van der Waals surface area contributed by atoms with Gasteiger partial charge in [-0.1, -0.05) is 12.1 Å². The molecule has 1 aliphatic heterocycles. The van der Waals surface area contributed by atoms with E-state index in [-0.39, 0.29) is 5.75 Å². The summed E-state index contributed by atoms with van der Waals surface area (Å²) in [6, 6.07) is 3.70. The van der Waals surface area contributed by atoms with Gasteiger partial charge in [0.05, 0.1) is 23.6 Å². The maximum Gasteiger partial charge on any atom is 0.240 e. The normalized spacial score (nSPS) is 14.4. The van der Waals surface area contributed by atoms with Gasteiger partial charge in [0.2, 0.25) is 5.89 Å². The van der Waals surface area contributed by atoms with Crippen molar-refractivity contribution in [2.45, 2.75) is 40.3 Å². The fourth-order valence-electron chi connectivity index (χ4n) is 3.32.